The lowest BCUT2D eigenvalue weighted by atomic mass is 9.88. The predicted molar refractivity (Wildman–Crippen MR) is 106 cm³/mol. The molecule has 1 saturated heterocycles. The number of halogens is 1. The Balaban J connectivity index is 2.50. The van der Waals surface area contributed by atoms with Gasteiger partial charge in [0, 0.05) is 18.6 Å². The summed E-state index contributed by atoms with van der Waals surface area (Å²) in [5.74, 6) is -0.994. The number of nitrogens with one attached hydrogen (secondary N) is 1. The van der Waals surface area contributed by atoms with E-state index >= 15 is 0 Å². The molecule has 0 aliphatic carbocycles. The summed E-state index contributed by atoms with van der Waals surface area (Å²) in [5.41, 5.74) is -0.673. The quantitative estimate of drug-likeness (QED) is 0.722. The Morgan fingerprint density at radius 3 is 2.26 bits per heavy atom. The van der Waals surface area contributed by atoms with Gasteiger partial charge in [-0.2, -0.15) is 0 Å². The molecular formula is C19H28ClNO5S. The van der Waals surface area contributed by atoms with Crippen LogP contribution in [-0.2, 0) is 19.4 Å². The number of hydrogen-bond donors (Lipinski definition) is 2. The average molecular weight is 418 g/mol. The molecule has 1 aromatic rings. The molecule has 0 radical (unpaired) electrons. The second-order valence-corrected chi connectivity index (χ2v) is 11.3. The van der Waals surface area contributed by atoms with Crippen molar-refractivity contribution in [2.45, 2.75) is 57.1 Å². The highest BCUT2D eigenvalue weighted by Gasteiger charge is 2.45. The number of ether oxygens (including phenoxy) is 1. The number of phenolic OH excluding ortho intramolecular Hbond substituents is 1. The number of anilines is 1. The van der Waals surface area contributed by atoms with Crippen molar-refractivity contribution in [1.29, 1.82) is 0 Å². The highest BCUT2D eigenvalue weighted by atomic mass is 35.5. The summed E-state index contributed by atoms with van der Waals surface area (Å²) in [6, 6.07) is 2.79. The number of rotatable bonds is 4. The molecule has 0 spiro atoms. The van der Waals surface area contributed by atoms with E-state index in [1.165, 1.54) is 12.1 Å². The van der Waals surface area contributed by atoms with Crippen LogP contribution in [0.5, 0.6) is 5.75 Å². The number of carbonyl (C=O) groups excluding carboxylic acids is 1. The molecule has 8 heteroatoms. The molecule has 1 fully saturated rings. The van der Waals surface area contributed by atoms with Crippen molar-refractivity contribution in [2.24, 2.45) is 11.3 Å². The molecule has 1 aliphatic heterocycles. The van der Waals surface area contributed by atoms with Gasteiger partial charge in [0.15, 0.2) is 15.6 Å². The van der Waals surface area contributed by atoms with Crippen LogP contribution in [0.4, 0.5) is 5.69 Å². The second kappa shape index (κ2) is 7.60. The Bertz CT molecular complexity index is 821. The van der Waals surface area contributed by atoms with E-state index in [0.717, 1.165) is 0 Å². The molecule has 0 saturated carbocycles. The third-order valence-electron chi connectivity index (χ3n) is 5.18. The molecule has 1 aromatic carbocycles. The van der Waals surface area contributed by atoms with Crippen molar-refractivity contribution in [3.05, 3.63) is 17.2 Å². The Morgan fingerprint density at radius 2 is 1.74 bits per heavy atom. The Kier molecular flexibility index (Phi) is 6.19. The van der Waals surface area contributed by atoms with Crippen LogP contribution in [-0.4, -0.2) is 37.4 Å². The molecule has 152 valence electrons. The number of phenols is 1. The van der Waals surface area contributed by atoms with Crippen molar-refractivity contribution in [3.63, 3.8) is 0 Å². The van der Waals surface area contributed by atoms with Gasteiger partial charge in [-0.3, -0.25) is 4.79 Å². The molecule has 6 nitrogen and oxygen atoms in total. The summed E-state index contributed by atoms with van der Waals surface area (Å²) in [6.45, 7) is 9.47. The number of aromatic hydroxyl groups is 1. The van der Waals surface area contributed by atoms with Crippen LogP contribution in [0.3, 0.4) is 0 Å². The van der Waals surface area contributed by atoms with Crippen LogP contribution in [0.15, 0.2) is 17.0 Å². The highest BCUT2D eigenvalue weighted by Crippen LogP contribution is 2.45. The molecule has 1 aliphatic rings. The van der Waals surface area contributed by atoms with Crippen LogP contribution in [0.2, 0.25) is 5.02 Å². The first-order chi connectivity index (χ1) is 12.3. The predicted octanol–water partition coefficient (Wildman–Crippen LogP) is 4.01. The Morgan fingerprint density at radius 1 is 1.19 bits per heavy atom. The number of carbonyl (C=O) groups is 1. The smallest absolute Gasteiger partial charge is 0.229 e. The number of benzene rings is 1. The lowest BCUT2D eigenvalue weighted by molar-refractivity contribution is -0.123. The van der Waals surface area contributed by atoms with Gasteiger partial charge in [0.05, 0.1) is 15.5 Å². The van der Waals surface area contributed by atoms with Gasteiger partial charge in [-0.05, 0) is 44.7 Å². The zero-order chi connectivity index (χ0) is 20.6. The molecule has 0 atom stereocenters. The maximum absolute atomic E-state index is 13.4. The fourth-order valence-electron chi connectivity index (χ4n) is 3.09. The third kappa shape index (κ3) is 4.25. The van der Waals surface area contributed by atoms with Crippen LogP contribution >= 0.6 is 11.6 Å². The largest absolute Gasteiger partial charge is 0.504 e. The van der Waals surface area contributed by atoms with Gasteiger partial charge in [-0.1, -0.05) is 32.4 Å². The van der Waals surface area contributed by atoms with Crippen LogP contribution in [0, 0.1) is 11.3 Å². The first-order valence-corrected chi connectivity index (χ1v) is 10.8. The third-order valence-corrected chi connectivity index (χ3v) is 8.27. The molecule has 27 heavy (non-hydrogen) atoms. The fraction of sp³-hybridized carbons (Fsp3) is 0.632. The lowest BCUT2D eigenvalue weighted by Gasteiger charge is -2.36. The molecular weight excluding hydrogens is 390 g/mol. The normalized spacial score (nSPS) is 17.0. The molecule has 0 aromatic heterocycles. The van der Waals surface area contributed by atoms with E-state index in [9.17, 15) is 18.3 Å². The number of amides is 1. The molecule has 2 rings (SSSR count). The van der Waals surface area contributed by atoms with Crippen molar-refractivity contribution in [2.75, 3.05) is 18.5 Å². The standard InChI is InChI=1S/C19H28ClNO5S/c1-18(2,3)17(23)21-14-7-6-13(20)16(15(14)22)27(24,25)19(4,5)12-8-10-26-11-9-12/h6-7,12,22H,8-11H2,1-5H3,(H,21,23). The van der Waals surface area contributed by atoms with Crippen LogP contribution in [0.25, 0.3) is 0 Å². The molecule has 1 amide bonds. The van der Waals surface area contributed by atoms with Crippen molar-refractivity contribution >= 4 is 33.0 Å². The van der Waals surface area contributed by atoms with E-state index in [-0.39, 0.29) is 27.4 Å². The highest BCUT2D eigenvalue weighted by molar-refractivity contribution is 7.93. The summed E-state index contributed by atoms with van der Waals surface area (Å²) < 4.78 is 31.1. The van der Waals surface area contributed by atoms with Crippen LogP contribution in [0.1, 0.15) is 47.5 Å². The van der Waals surface area contributed by atoms with Gasteiger partial charge in [0.25, 0.3) is 0 Å². The van der Waals surface area contributed by atoms with E-state index in [0.29, 0.717) is 26.1 Å². The summed E-state index contributed by atoms with van der Waals surface area (Å²) in [7, 11) is -3.98. The number of sulfone groups is 1. The van der Waals surface area contributed by atoms with E-state index in [2.05, 4.69) is 5.32 Å². The van der Waals surface area contributed by atoms with E-state index in [1.54, 1.807) is 34.6 Å². The second-order valence-electron chi connectivity index (χ2n) is 8.47. The molecule has 2 N–H and O–H groups in total. The van der Waals surface area contributed by atoms with E-state index < -0.39 is 25.7 Å². The van der Waals surface area contributed by atoms with Gasteiger partial charge >= 0.3 is 0 Å². The van der Waals surface area contributed by atoms with Gasteiger partial charge in [0.2, 0.25) is 5.91 Å². The summed E-state index contributed by atoms with van der Waals surface area (Å²) in [5, 5.41) is 13.2. The first-order valence-electron chi connectivity index (χ1n) is 8.95. The summed E-state index contributed by atoms with van der Waals surface area (Å²) in [6.07, 6.45) is 1.23. The van der Waals surface area contributed by atoms with Gasteiger partial charge in [0.1, 0.15) is 4.90 Å². The minimum atomic E-state index is -3.98. The van der Waals surface area contributed by atoms with Gasteiger partial charge < -0.3 is 15.2 Å². The SMILES string of the molecule is CC(C)(C)C(=O)Nc1ccc(Cl)c(S(=O)(=O)C(C)(C)C2CCOCC2)c1O. The van der Waals surface area contributed by atoms with Crippen molar-refractivity contribution in [3.8, 4) is 5.75 Å². The number of hydrogen-bond acceptors (Lipinski definition) is 5. The molecule has 0 bridgehead atoms. The summed E-state index contributed by atoms with van der Waals surface area (Å²) in [4.78, 5) is 11.9. The Labute approximate surface area is 166 Å². The first kappa shape index (κ1) is 22.0. The maximum Gasteiger partial charge on any atom is 0.229 e. The minimum Gasteiger partial charge on any atom is -0.504 e. The van der Waals surface area contributed by atoms with Gasteiger partial charge in [-0.15, -0.1) is 0 Å². The zero-order valence-corrected chi connectivity index (χ0v) is 18.0. The van der Waals surface area contributed by atoms with Crippen molar-refractivity contribution in [1.82, 2.24) is 0 Å². The zero-order valence-electron chi connectivity index (χ0n) is 16.4. The van der Waals surface area contributed by atoms with E-state index in [4.69, 9.17) is 16.3 Å². The summed E-state index contributed by atoms with van der Waals surface area (Å²) >= 11 is 6.18. The topological polar surface area (TPSA) is 92.7 Å². The maximum atomic E-state index is 13.4. The monoisotopic (exact) mass is 417 g/mol. The van der Waals surface area contributed by atoms with E-state index in [1.807, 2.05) is 0 Å². The Hall–Kier alpha value is -1.31. The average Bonchev–Trinajstić information content (AvgIpc) is 2.57. The molecule has 0 unspecified atom stereocenters. The minimum absolute atomic E-state index is 0.0284. The fourth-order valence-corrected chi connectivity index (χ4v) is 5.44. The lowest BCUT2D eigenvalue weighted by Crippen LogP contribution is -2.42. The molecule has 1 heterocycles. The van der Waals surface area contributed by atoms with Crippen molar-refractivity contribution < 1.29 is 23.1 Å². The van der Waals surface area contributed by atoms with Crippen LogP contribution < -0.4 is 5.32 Å². The van der Waals surface area contributed by atoms with Gasteiger partial charge in [-0.25, -0.2) is 8.42 Å².